The van der Waals surface area contributed by atoms with Gasteiger partial charge in [-0.3, -0.25) is 4.79 Å². The molecule has 1 aliphatic heterocycles. The van der Waals surface area contributed by atoms with Crippen LogP contribution < -0.4 is 0 Å². The Bertz CT molecular complexity index is 610. The highest BCUT2D eigenvalue weighted by Crippen LogP contribution is 2.15. The Morgan fingerprint density at radius 3 is 3.25 bits per heavy atom. The summed E-state index contributed by atoms with van der Waals surface area (Å²) in [5.41, 5.74) is 1.35. The quantitative estimate of drug-likeness (QED) is 0.830. The van der Waals surface area contributed by atoms with Gasteiger partial charge in [-0.25, -0.2) is 0 Å². The zero-order valence-electron chi connectivity index (χ0n) is 11.5. The summed E-state index contributed by atoms with van der Waals surface area (Å²) < 4.78 is 7.20. The Morgan fingerprint density at radius 2 is 2.40 bits per heavy atom. The van der Waals surface area contributed by atoms with Crippen molar-refractivity contribution in [1.82, 2.24) is 19.7 Å². The zero-order chi connectivity index (χ0) is 13.9. The Hall–Kier alpha value is -1.95. The predicted molar refractivity (Wildman–Crippen MR) is 73.5 cm³/mol. The van der Waals surface area contributed by atoms with Crippen molar-refractivity contribution >= 4 is 11.4 Å². The number of carbonyl (C=O) groups excluding carboxylic acids is 1. The average Bonchev–Trinajstić information content (AvgIpc) is 2.76. The molecule has 1 saturated heterocycles. The number of fused-ring (bicyclic) bond motifs is 1. The van der Waals surface area contributed by atoms with E-state index in [9.17, 15) is 4.79 Å². The highest BCUT2D eigenvalue weighted by molar-refractivity contribution is 6.00. The van der Waals surface area contributed by atoms with Crippen molar-refractivity contribution in [2.75, 3.05) is 19.7 Å². The van der Waals surface area contributed by atoms with Crippen LogP contribution in [-0.4, -0.2) is 51.4 Å². The first-order chi connectivity index (χ1) is 9.79. The van der Waals surface area contributed by atoms with Crippen molar-refractivity contribution in [3.8, 4) is 0 Å². The van der Waals surface area contributed by atoms with Crippen LogP contribution in [0.3, 0.4) is 0 Å². The Morgan fingerprint density at radius 1 is 1.50 bits per heavy atom. The molecule has 2 aromatic heterocycles. The minimum absolute atomic E-state index is 0.0111. The monoisotopic (exact) mass is 274 g/mol. The van der Waals surface area contributed by atoms with Gasteiger partial charge in [0.05, 0.1) is 17.9 Å². The SMILES string of the molecule is CC[C@H]1CN(C(=O)c2cnn3ncccc23)CCCO1. The van der Waals surface area contributed by atoms with Crippen LogP contribution in [0.15, 0.2) is 24.5 Å². The van der Waals surface area contributed by atoms with Gasteiger partial charge in [-0.15, -0.1) is 0 Å². The Labute approximate surface area is 117 Å². The fourth-order valence-electron chi connectivity index (χ4n) is 2.49. The molecular weight excluding hydrogens is 256 g/mol. The molecule has 0 unspecified atom stereocenters. The van der Waals surface area contributed by atoms with Crippen LogP contribution in [0.25, 0.3) is 5.52 Å². The van der Waals surface area contributed by atoms with E-state index >= 15 is 0 Å². The van der Waals surface area contributed by atoms with Gasteiger partial charge in [0.25, 0.3) is 5.91 Å². The molecule has 0 radical (unpaired) electrons. The van der Waals surface area contributed by atoms with E-state index in [1.165, 1.54) is 4.63 Å². The van der Waals surface area contributed by atoms with Gasteiger partial charge in [0.2, 0.25) is 0 Å². The van der Waals surface area contributed by atoms with Crippen molar-refractivity contribution in [1.29, 1.82) is 0 Å². The summed E-state index contributed by atoms with van der Waals surface area (Å²) in [4.78, 5) is 14.5. The average molecular weight is 274 g/mol. The summed E-state index contributed by atoms with van der Waals surface area (Å²) in [6.45, 7) is 4.18. The Kier molecular flexibility index (Phi) is 3.64. The van der Waals surface area contributed by atoms with E-state index in [0.717, 1.165) is 31.5 Å². The number of hydrogen-bond donors (Lipinski definition) is 0. The van der Waals surface area contributed by atoms with Crippen molar-refractivity contribution in [2.45, 2.75) is 25.9 Å². The van der Waals surface area contributed by atoms with Gasteiger partial charge in [0, 0.05) is 25.9 Å². The molecule has 1 amide bonds. The van der Waals surface area contributed by atoms with Crippen molar-refractivity contribution < 1.29 is 9.53 Å². The zero-order valence-corrected chi connectivity index (χ0v) is 11.5. The van der Waals surface area contributed by atoms with Gasteiger partial charge < -0.3 is 9.64 Å². The molecule has 0 bridgehead atoms. The van der Waals surface area contributed by atoms with Crippen LogP contribution in [0.2, 0.25) is 0 Å². The first kappa shape index (κ1) is 13.1. The topological polar surface area (TPSA) is 59.7 Å². The molecule has 20 heavy (non-hydrogen) atoms. The third-order valence-electron chi connectivity index (χ3n) is 3.63. The summed E-state index contributed by atoms with van der Waals surface area (Å²) in [5, 5.41) is 8.21. The number of carbonyl (C=O) groups is 1. The van der Waals surface area contributed by atoms with Gasteiger partial charge in [-0.2, -0.15) is 14.8 Å². The fraction of sp³-hybridized carbons (Fsp3) is 0.500. The third kappa shape index (κ3) is 2.38. The van der Waals surface area contributed by atoms with Gasteiger partial charge in [-0.05, 0) is 25.0 Å². The molecule has 1 fully saturated rings. The van der Waals surface area contributed by atoms with Crippen LogP contribution in [-0.2, 0) is 4.74 Å². The van der Waals surface area contributed by atoms with Gasteiger partial charge in [0.15, 0.2) is 0 Å². The van der Waals surface area contributed by atoms with Gasteiger partial charge in [-0.1, -0.05) is 6.92 Å². The van der Waals surface area contributed by atoms with E-state index < -0.39 is 0 Å². The van der Waals surface area contributed by atoms with E-state index in [2.05, 4.69) is 17.1 Å². The molecule has 1 atom stereocenters. The van der Waals surface area contributed by atoms with E-state index in [-0.39, 0.29) is 12.0 Å². The molecule has 6 heteroatoms. The van der Waals surface area contributed by atoms with Gasteiger partial charge >= 0.3 is 0 Å². The van der Waals surface area contributed by atoms with Crippen molar-refractivity contribution in [2.24, 2.45) is 0 Å². The predicted octanol–water partition coefficient (Wildman–Crippen LogP) is 1.37. The fourth-order valence-corrected chi connectivity index (χ4v) is 2.49. The molecule has 0 aromatic carbocycles. The second kappa shape index (κ2) is 5.58. The summed E-state index contributed by atoms with van der Waals surface area (Å²) in [5.74, 6) is 0.0111. The molecule has 0 saturated carbocycles. The minimum Gasteiger partial charge on any atom is -0.376 e. The lowest BCUT2D eigenvalue weighted by Gasteiger charge is -2.22. The number of rotatable bonds is 2. The normalized spacial score (nSPS) is 20.1. The molecule has 0 spiro atoms. The largest absolute Gasteiger partial charge is 0.376 e. The van der Waals surface area contributed by atoms with E-state index in [1.807, 2.05) is 17.0 Å². The first-order valence-electron chi connectivity index (χ1n) is 6.99. The number of nitrogens with zero attached hydrogens (tertiary/aromatic N) is 4. The number of hydrogen-bond acceptors (Lipinski definition) is 4. The van der Waals surface area contributed by atoms with Gasteiger partial charge in [0.1, 0.15) is 5.52 Å². The van der Waals surface area contributed by atoms with E-state index in [1.54, 1.807) is 12.4 Å². The molecule has 2 aromatic rings. The maximum atomic E-state index is 12.7. The maximum absolute atomic E-state index is 12.7. The molecule has 3 rings (SSSR count). The third-order valence-corrected chi connectivity index (χ3v) is 3.63. The Balaban J connectivity index is 1.87. The second-order valence-corrected chi connectivity index (χ2v) is 4.96. The van der Waals surface area contributed by atoms with Crippen molar-refractivity contribution in [3.63, 3.8) is 0 Å². The number of ether oxygens (including phenoxy) is 1. The van der Waals surface area contributed by atoms with Crippen LogP contribution in [0, 0.1) is 0 Å². The van der Waals surface area contributed by atoms with Crippen LogP contribution in [0.1, 0.15) is 30.1 Å². The van der Waals surface area contributed by atoms with E-state index in [0.29, 0.717) is 12.1 Å². The summed E-state index contributed by atoms with van der Waals surface area (Å²) in [7, 11) is 0. The molecule has 0 N–H and O–H groups in total. The lowest BCUT2D eigenvalue weighted by Crippen LogP contribution is -2.36. The maximum Gasteiger partial charge on any atom is 0.257 e. The van der Waals surface area contributed by atoms with Crippen LogP contribution >= 0.6 is 0 Å². The highest BCUT2D eigenvalue weighted by Gasteiger charge is 2.24. The molecular formula is C14H18N4O2. The van der Waals surface area contributed by atoms with Crippen molar-refractivity contribution in [3.05, 3.63) is 30.1 Å². The molecule has 106 valence electrons. The standard InChI is InChI=1S/C14H18N4O2/c1-2-11-10-17(7-4-8-20-11)14(19)12-9-16-18-13(12)5-3-6-15-18/h3,5-6,9,11H,2,4,7-8,10H2,1H3/t11-/m0/s1. The summed E-state index contributed by atoms with van der Waals surface area (Å²) in [6, 6.07) is 3.67. The van der Waals surface area contributed by atoms with E-state index in [4.69, 9.17) is 4.74 Å². The molecule has 3 heterocycles. The second-order valence-electron chi connectivity index (χ2n) is 4.96. The molecule has 1 aliphatic rings. The number of amides is 1. The lowest BCUT2D eigenvalue weighted by molar-refractivity contribution is 0.0461. The summed E-state index contributed by atoms with van der Waals surface area (Å²) in [6.07, 6.45) is 5.17. The molecule has 0 aliphatic carbocycles. The van der Waals surface area contributed by atoms with Crippen LogP contribution in [0.4, 0.5) is 0 Å². The molecule has 6 nitrogen and oxygen atoms in total. The first-order valence-corrected chi connectivity index (χ1v) is 6.99. The highest BCUT2D eigenvalue weighted by atomic mass is 16.5. The smallest absolute Gasteiger partial charge is 0.257 e. The lowest BCUT2D eigenvalue weighted by atomic mass is 10.2. The number of aromatic nitrogens is 3. The van der Waals surface area contributed by atoms with Crippen LogP contribution in [0.5, 0.6) is 0 Å². The summed E-state index contributed by atoms with van der Waals surface area (Å²) >= 11 is 0. The minimum atomic E-state index is 0.0111.